The zero-order chi connectivity index (χ0) is 13.9. The predicted octanol–water partition coefficient (Wildman–Crippen LogP) is 2.20. The highest BCUT2D eigenvalue weighted by Crippen LogP contribution is 2.36. The van der Waals surface area contributed by atoms with Crippen molar-refractivity contribution < 1.29 is 13.5 Å². The highest BCUT2D eigenvalue weighted by Gasteiger charge is 2.37. The van der Waals surface area contributed by atoms with Crippen LogP contribution >= 0.6 is 0 Å². The first-order valence-corrected chi connectivity index (χ1v) is 8.39. The first-order chi connectivity index (χ1) is 9.03. The number of aliphatic hydroxyl groups is 1. The van der Waals surface area contributed by atoms with E-state index in [0.717, 1.165) is 19.3 Å². The van der Waals surface area contributed by atoms with Gasteiger partial charge in [-0.3, -0.25) is 0 Å². The average molecular weight is 283 g/mol. The van der Waals surface area contributed by atoms with Crippen molar-refractivity contribution in [2.75, 3.05) is 17.7 Å². The Morgan fingerprint density at radius 3 is 2.53 bits per heavy atom. The van der Waals surface area contributed by atoms with Crippen LogP contribution in [-0.2, 0) is 9.84 Å². The first kappa shape index (κ1) is 14.3. The number of para-hydroxylation sites is 1. The monoisotopic (exact) mass is 283 g/mol. The maximum atomic E-state index is 12.2. The SMILES string of the molecule is CCCS(=O)(=O)c1ccccc1NC1(CO)CCC1. The van der Waals surface area contributed by atoms with Gasteiger partial charge in [-0.2, -0.15) is 0 Å². The van der Waals surface area contributed by atoms with Gasteiger partial charge in [-0.1, -0.05) is 19.1 Å². The summed E-state index contributed by atoms with van der Waals surface area (Å²) in [4.78, 5) is 0.344. The Morgan fingerprint density at radius 1 is 1.32 bits per heavy atom. The second-order valence-corrected chi connectivity index (χ2v) is 7.31. The second kappa shape index (κ2) is 5.51. The van der Waals surface area contributed by atoms with Crippen molar-refractivity contribution in [2.24, 2.45) is 0 Å². The third-order valence-corrected chi connectivity index (χ3v) is 5.68. The molecule has 1 aliphatic rings. The van der Waals surface area contributed by atoms with Gasteiger partial charge in [0, 0.05) is 0 Å². The van der Waals surface area contributed by atoms with Gasteiger partial charge >= 0.3 is 0 Å². The summed E-state index contributed by atoms with van der Waals surface area (Å²) in [5.74, 6) is 0.151. The van der Waals surface area contributed by atoms with E-state index in [4.69, 9.17) is 0 Å². The molecule has 4 nitrogen and oxygen atoms in total. The van der Waals surface area contributed by atoms with Gasteiger partial charge in [-0.15, -0.1) is 0 Å². The summed E-state index contributed by atoms with van der Waals surface area (Å²) in [5, 5.41) is 12.7. The Hall–Kier alpha value is -1.07. The topological polar surface area (TPSA) is 66.4 Å². The van der Waals surface area contributed by atoms with E-state index < -0.39 is 9.84 Å². The molecule has 0 heterocycles. The van der Waals surface area contributed by atoms with Crippen molar-refractivity contribution in [1.82, 2.24) is 0 Å². The lowest BCUT2D eigenvalue weighted by Crippen LogP contribution is -2.48. The molecule has 1 aliphatic carbocycles. The summed E-state index contributed by atoms with van der Waals surface area (Å²) in [6.07, 6.45) is 3.43. The van der Waals surface area contributed by atoms with Crippen molar-refractivity contribution >= 4 is 15.5 Å². The molecule has 0 bridgehead atoms. The largest absolute Gasteiger partial charge is 0.394 e. The number of rotatable bonds is 6. The van der Waals surface area contributed by atoms with Crippen LogP contribution in [0, 0.1) is 0 Å². The summed E-state index contributed by atoms with van der Waals surface area (Å²) >= 11 is 0. The van der Waals surface area contributed by atoms with E-state index in [1.807, 2.05) is 13.0 Å². The number of hydrogen-bond donors (Lipinski definition) is 2. The van der Waals surface area contributed by atoms with E-state index in [0.29, 0.717) is 17.0 Å². The summed E-state index contributed by atoms with van der Waals surface area (Å²) in [6, 6.07) is 6.96. The molecule has 5 heteroatoms. The van der Waals surface area contributed by atoms with E-state index in [2.05, 4.69) is 5.32 Å². The van der Waals surface area contributed by atoms with Crippen LogP contribution in [0.1, 0.15) is 32.6 Å². The van der Waals surface area contributed by atoms with Crippen LogP contribution in [0.2, 0.25) is 0 Å². The molecule has 0 aliphatic heterocycles. The van der Waals surface area contributed by atoms with Gasteiger partial charge in [0.2, 0.25) is 0 Å². The second-order valence-electron chi connectivity index (χ2n) is 5.23. The lowest BCUT2D eigenvalue weighted by molar-refractivity contribution is 0.144. The third kappa shape index (κ3) is 2.92. The molecule has 0 unspecified atom stereocenters. The van der Waals surface area contributed by atoms with Gasteiger partial charge in [-0.05, 0) is 37.8 Å². The maximum absolute atomic E-state index is 12.2. The molecule has 0 amide bonds. The van der Waals surface area contributed by atoms with Gasteiger partial charge in [0.25, 0.3) is 0 Å². The fraction of sp³-hybridized carbons (Fsp3) is 0.571. The molecule has 106 valence electrons. The number of hydrogen-bond acceptors (Lipinski definition) is 4. The zero-order valence-corrected chi connectivity index (χ0v) is 12.0. The van der Waals surface area contributed by atoms with Gasteiger partial charge in [-0.25, -0.2) is 8.42 Å². The quantitative estimate of drug-likeness (QED) is 0.840. The molecule has 0 saturated heterocycles. The van der Waals surface area contributed by atoms with Crippen LogP contribution in [0.15, 0.2) is 29.2 Å². The Morgan fingerprint density at radius 2 is 2.00 bits per heavy atom. The van der Waals surface area contributed by atoms with E-state index in [9.17, 15) is 13.5 Å². The minimum Gasteiger partial charge on any atom is -0.394 e. The summed E-state index contributed by atoms with van der Waals surface area (Å²) in [5.41, 5.74) is 0.280. The number of anilines is 1. The van der Waals surface area contributed by atoms with Crippen LogP contribution < -0.4 is 5.32 Å². The van der Waals surface area contributed by atoms with Crippen molar-refractivity contribution in [3.8, 4) is 0 Å². The molecule has 1 aromatic carbocycles. The molecule has 1 aromatic rings. The van der Waals surface area contributed by atoms with Crippen LogP contribution in [0.3, 0.4) is 0 Å². The molecule has 1 saturated carbocycles. The standard InChI is InChI=1S/C14H21NO3S/c1-2-10-19(17,18)13-7-4-3-6-12(13)15-14(11-16)8-5-9-14/h3-4,6-7,15-16H,2,5,8-11H2,1H3. The highest BCUT2D eigenvalue weighted by atomic mass is 32.2. The zero-order valence-electron chi connectivity index (χ0n) is 11.2. The van der Waals surface area contributed by atoms with Gasteiger partial charge in [0.05, 0.1) is 28.5 Å². The Kier molecular flexibility index (Phi) is 4.16. The molecule has 19 heavy (non-hydrogen) atoms. The molecule has 0 aromatic heterocycles. The van der Waals surface area contributed by atoms with Gasteiger partial charge in [0.1, 0.15) is 0 Å². The van der Waals surface area contributed by atoms with Gasteiger partial charge in [0.15, 0.2) is 9.84 Å². The van der Waals surface area contributed by atoms with Crippen LogP contribution in [0.4, 0.5) is 5.69 Å². The van der Waals surface area contributed by atoms with E-state index >= 15 is 0 Å². The minimum atomic E-state index is -3.25. The van der Waals surface area contributed by atoms with Crippen molar-refractivity contribution in [3.05, 3.63) is 24.3 Å². The molecule has 0 radical (unpaired) electrons. The van der Waals surface area contributed by atoms with Crippen LogP contribution in [-0.4, -0.2) is 31.4 Å². The number of nitrogens with one attached hydrogen (secondary N) is 1. The highest BCUT2D eigenvalue weighted by molar-refractivity contribution is 7.91. The fourth-order valence-corrected chi connectivity index (χ4v) is 3.93. The van der Waals surface area contributed by atoms with Crippen molar-refractivity contribution in [1.29, 1.82) is 0 Å². The van der Waals surface area contributed by atoms with E-state index in [1.165, 1.54) is 0 Å². The fourth-order valence-electron chi connectivity index (χ4n) is 2.43. The number of aliphatic hydroxyl groups excluding tert-OH is 1. The third-order valence-electron chi connectivity index (χ3n) is 3.71. The molecular weight excluding hydrogens is 262 g/mol. The smallest absolute Gasteiger partial charge is 0.180 e. The lowest BCUT2D eigenvalue weighted by Gasteiger charge is -2.42. The molecule has 1 fully saturated rings. The van der Waals surface area contributed by atoms with Crippen LogP contribution in [0.5, 0.6) is 0 Å². The van der Waals surface area contributed by atoms with Gasteiger partial charge < -0.3 is 10.4 Å². The molecular formula is C14H21NO3S. The molecule has 0 spiro atoms. The van der Waals surface area contributed by atoms with Crippen LogP contribution in [0.25, 0.3) is 0 Å². The number of sulfone groups is 1. The Balaban J connectivity index is 2.31. The summed E-state index contributed by atoms with van der Waals surface area (Å²) < 4.78 is 24.5. The Labute approximate surface area is 114 Å². The van der Waals surface area contributed by atoms with Crippen molar-refractivity contribution in [2.45, 2.75) is 43.0 Å². The summed E-state index contributed by atoms with van der Waals surface area (Å²) in [7, 11) is -3.25. The molecule has 2 rings (SSSR count). The maximum Gasteiger partial charge on any atom is 0.180 e. The molecule has 0 atom stereocenters. The predicted molar refractivity (Wildman–Crippen MR) is 76.1 cm³/mol. The minimum absolute atomic E-state index is 0.0369. The molecule has 2 N–H and O–H groups in total. The van der Waals surface area contributed by atoms with Crippen molar-refractivity contribution in [3.63, 3.8) is 0 Å². The van der Waals surface area contributed by atoms with E-state index in [-0.39, 0.29) is 17.9 Å². The lowest BCUT2D eigenvalue weighted by atomic mass is 9.77. The normalized spacial score (nSPS) is 17.8. The Bertz CT molecular complexity index is 530. The first-order valence-electron chi connectivity index (χ1n) is 6.74. The summed E-state index contributed by atoms with van der Waals surface area (Å²) in [6.45, 7) is 1.89. The average Bonchev–Trinajstić information content (AvgIpc) is 2.34. The van der Waals surface area contributed by atoms with E-state index in [1.54, 1.807) is 18.2 Å². The number of benzene rings is 1.